The van der Waals surface area contributed by atoms with Crippen LogP contribution in [0.1, 0.15) is 5.56 Å². The minimum atomic E-state index is -0.280. The second-order valence-corrected chi connectivity index (χ2v) is 8.22. The fraction of sp³-hybridized carbons (Fsp3) is 0.300. The molecule has 1 heterocycles. The van der Waals surface area contributed by atoms with Gasteiger partial charge in [-0.15, -0.1) is 0 Å². The number of nitrogens with one attached hydrogen (secondary N) is 1. The van der Waals surface area contributed by atoms with Crippen molar-refractivity contribution in [2.24, 2.45) is 0 Å². The molecular formula is C20H20ClIN2O4S. The van der Waals surface area contributed by atoms with Gasteiger partial charge in [-0.05, 0) is 59.0 Å². The molecule has 0 radical (unpaired) electrons. The van der Waals surface area contributed by atoms with E-state index in [0.29, 0.717) is 35.4 Å². The first-order valence-electron chi connectivity index (χ1n) is 8.90. The topological polar surface area (TPSA) is 60.0 Å². The van der Waals surface area contributed by atoms with E-state index in [0.717, 1.165) is 27.2 Å². The molecule has 9 heteroatoms. The number of hydrogen-bond donors (Lipinski definition) is 1. The average molecular weight is 547 g/mol. The molecular weight excluding hydrogens is 527 g/mol. The van der Waals surface area contributed by atoms with E-state index in [1.54, 1.807) is 31.4 Å². The van der Waals surface area contributed by atoms with Crippen LogP contribution in [-0.4, -0.2) is 55.8 Å². The number of morpholine rings is 1. The van der Waals surface area contributed by atoms with Gasteiger partial charge in [-0.25, -0.2) is 0 Å². The average Bonchev–Trinajstić information content (AvgIpc) is 2.74. The van der Waals surface area contributed by atoms with Crippen LogP contribution in [0.2, 0.25) is 5.02 Å². The molecule has 2 aromatic rings. The minimum Gasteiger partial charge on any atom is -0.493 e. The molecule has 0 spiro atoms. The van der Waals surface area contributed by atoms with Gasteiger partial charge in [0.15, 0.2) is 18.1 Å². The van der Waals surface area contributed by atoms with Crippen LogP contribution in [0.15, 0.2) is 36.4 Å². The maximum absolute atomic E-state index is 12.2. The SMILES string of the molecule is COc1cc(C(=S)N2CCOCC2)cc(I)c1OCC(=O)Nc1ccc(Cl)cc1. The number of halogens is 2. The normalized spacial score (nSPS) is 13.7. The summed E-state index contributed by atoms with van der Waals surface area (Å²) in [7, 11) is 1.56. The van der Waals surface area contributed by atoms with Crippen LogP contribution in [0, 0.1) is 3.57 Å². The summed E-state index contributed by atoms with van der Waals surface area (Å²) in [6, 6.07) is 10.7. The Labute approximate surface area is 193 Å². The third-order valence-corrected chi connectivity index (χ3v) is 5.80. The van der Waals surface area contributed by atoms with Gasteiger partial charge >= 0.3 is 0 Å². The Balaban J connectivity index is 1.67. The maximum atomic E-state index is 12.2. The van der Waals surface area contributed by atoms with Gasteiger partial charge in [0.2, 0.25) is 0 Å². The Morgan fingerprint density at radius 1 is 1.28 bits per heavy atom. The van der Waals surface area contributed by atoms with Crippen molar-refractivity contribution in [1.29, 1.82) is 0 Å². The number of carbonyl (C=O) groups is 1. The lowest BCUT2D eigenvalue weighted by atomic mass is 10.1. The van der Waals surface area contributed by atoms with Crippen molar-refractivity contribution in [2.45, 2.75) is 0 Å². The number of amides is 1. The van der Waals surface area contributed by atoms with E-state index in [2.05, 4.69) is 32.8 Å². The van der Waals surface area contributed by atoms with Gasteiger partial charge < -0.3 is 24.4 Å². The highest BCUT2D eigenvalue weighted by molar-refractivity contribution is 14.1. The van der Waals surface area contributed by atoms with Gasteiger partial charge in [0, 0.05) is 29.4 Å². The smallest absolute Gasteiger partial charge is 0.262 e. The summed E-state index contributed by atoms with van der Waals surface area (Å²) >= 11 is 13.6. The van der Waals surface area contributed by atoms with Gasteiger partial charge in [-0.2, -0.15) is 0 Å². The Bertz CT molecular complexity index is 889. The molecule has 1 saturated heterocycles. The predicted octanol–water partition coefficient (Wildman–Crippen LogP) is 3.98. The van der Waals surface area contributed by atoms with E-state index in [9.17, 15) is 4.79 Å². The first-order chi connectivity index (χ1) is 14.0. The minimum absolute atomic E-state index is 0.151. The Kier molecular flexibility index (Phi) is 7.93. The van der Waals surface area contributed by atoms with Gasteiger partial charge in [0.1, 0.15) is 4.99 Å². The fourth-order valence-corrected chi connectivity index (χ4v) is 3.98. The van der Waals surface area contributed by atoms with Crippen LogP contribution in [0.25, 0.3) is 0 Å². The summed E-state index contributed by atoms with van der Waals surface area (Å²) < 4.78 is 17.4. The van der Waals surface area contributed by atoms with Gasteiger partial charge in [0.25, 0.3) is 5.91 Å². The first kappa shape index (κ1) is 22.1. The van der Waals surface area contributed by atoms with Crippen molar-refractivity contribution >= 4 is 63.0 Å². The summed E-state index contributed by atoms with van der Waals surface area (Å²) in [4.78, 5) is 15.1. The Morgan fingerprint density at radius 2 is 1.97 bits per heavy atom. The molecule has 1 amide bonds. The molecule has 154 valence electrons. The molecule has 29 heavy (non-hydrogen) atoms. The van der Waals surface area contributed by atoms with Crippen molar-refractivity contribution < 1.29 is 19.0 Å². The number of thiocarbonyl (C=S) groups is 1. The van der Waals surface area contributed by atoms with E-state index < -0.39 is 0 Å². The Hall–Kier alpha value is -1.62. The highest BCUT2D eigenvalue weighted by Crippen LogP contribution is 2.34. The van der Waals surface area contributed by atoms with Crippen molar-refractivity contribution in [2.75, 3.05) is 45.3 Å². The first-order valence-corrected chi connectivity index (χ1v) is 10.8. The number of methoxy groups -OCH3 is 1. The molecule has 0 saturated carbocycles. The second kappa shape index (κ2) is 10.4. The van der Waals surface area contributed by atoms with E-state index in [4.69, 9.17) is 38.0 Å². The molecule has 1 aliphatic rings. The molecule has 0 bridgehead atoms. The van der Waals surface area contributed by atoms with Gasteiger partial charge in [-0.1, -0.05) is 23.8 Å². The molecule has 1 N–H and O–H groups in total. The summed E-state index contributed by atoms with van der Waals surface area (Å²) in [6.45, 7) is 2.71. The lowest BCUT2D eigenvalue weighted by Crippen LogP contribution is -2.40. The highest BCUT2D eigenvalue weighted by Gasteiger charge is 2.19. The van der Waals surface area contributed by atoms with Crippen molar-refractivity contribution in [3.05, 3.63) is 50.6 Å². The van der Waals surface area contributed by atoms with E-state index in [-0.39, 0.29) is 12.5 Å². The molecule has 6 nitrogen and oxygen atoms in total. The summed E-state index contributed by atoms with van der Waals surface area (Å²) in [6.07, 6.45) is 0. The summed E-state index contributed by atoms with van der Waals surface area (Å²) in [5.41, 5.74) is 1.52. The van der Waals surface area contributed by atoms with Crippen LogP contribution < -0.4 is 14.8 Å². The van der Waals surface area contributed by atoms with Gasteiger partial charge in [0.05, 0.1) is 23.9 Å². The molecule has 0 aromatic heterocycles. The van der Waals surface area contributed by atoms with Crippen LogP contribution >= 0.6 is 46.4 Å². The van der Waals surface area contributed by atoms with E-state index in [1.165, 1.54) is 0 Å². The number of ether oxygens (including phenoxy) is 3. The van der Waals surface area contributed by atoms with Crippen LogP contribution in [0.3, 0.4) is 0 Å². The van der Waals surface area contributed by atoms with Crippen LogP contribution in [0.5, 0.6) is 11.5 Å². The Morgan fingerprint density at radius 3 is 2.62 bits per heavy atom. The zero-order valence-corrected chi connectivity index (χ0v) is 19.5. The van der Waals surface area contributed by atoms with E-state index >= 15 is 0 Å². The quantitative estimate of drug-likeness (QED) is 0.437. The lowest BCUT2D eigenvalue weighted by Gasteiger charge is -2.29. The van der Waals surface area contributed by atoms with Crippen molar-refractivity contribution in [3.8, 4) is 11.5 Å². The standard InChI is InChI=1S/C20H20ClIN2O4S/c1-26-17-11-13(20(29)24-6-8-27-9-7-24)10-16(22)19(17)28-12-18(25)23-15-4-2-14(21)3-5-15/h2-5,10-11H,6-9,12H2,1H3,(H,23,25). The lowest BCUT2D eigenvalue weighted by molar-refractivity contribution is -0.118. The monoisotopic (exact) mass is 546 g/mol. The molecule has 1 fully saturated rings. The van der Waals surface area contributed by atoms with Crippen molar-refractivity contribution in [1.82, 2.24) is 4.90 Å². The predicted molar refractivity (Wildman–Crippen MR) is 125 cm³/mol. The summed E-state index contributed by atoms with van der Waals surface area (Å²) in [5, 5.41) is 3.37. The largest absolute Gasteiger partial charge is 0.493 e. The summed E-state index contributed by atoms with van der Waals surface area (Å²) in [5.74, 6) is 0.757. The fourth-order valence-electron chi connectivity index (χ4n) is 2.80. The number of rotatable bonds is 6. The van der Waals surface area contributed by atoms with Crippen LogP contribution in [-0.2, 0) is 9.53 Å². The molecule has 0 atom stereocenters. The maximum Gasteiger partial charge on any atom is 0.262 e. The number of benzene rings is 2. The molecule has 0 unspecified atom stereocenters. The number of hydrogen-bond acceptors (Lipinski definition) is 5. The molecule has 1 aliphatic heterocycles. The third kappa shape index (κ3) is 5.94. The van der Waals surface area contributed by atoms with Gasteiger partial charge in [-0.3, -0.25) is 4.79 Å². The number of nitrogens with zero attached hydrogens (tertiary/aromatic N) is 1. The zero-order chi connectivity index (χ0) is 20.8. The third-order valence-electron chi connectivity index (χ3n) is 4.25. The van der Waals surface area contributed by atoms with Crippen molar-refractivity contribution in [3.63, 3.8) is 0 Å². The number of carbonyl (C=O) groups excluding carboxylic acids is 1. The van der Waals surface area contributed by atoms with Crippen LogP contribution in [0.4, 0.5) is 5.69 Å². The zero-order valence-electron chi connectivity index (χ0n) is 15.7. The molecule has 0 aliphatic carbocycles. The molecule has 2 aromatic carbocycles. The second-order valence-electron chi connectivity index (χ2n) is 6.24. The molecule has 3 rings (SSSR count). The highest BCUT2D eigenvalue weighted by atomic mass is 127. The number of anilines is 1. The van der Waals surface area contributed by atoms with E-state index in [1.807, 2.05) is 12.1 Å².